The van der Waals surface area contributed by atoms with Crippen LogP contribution in [0.5, 0.6) is 0 Å². The fourth-order valence-corrected chi connectivity index (χ4v) is 2.82. The summed E-state index contributed by atoms with van der Waals surface area (Å²) in [4.78, 5) is 32.5. The number of aromatic nitrogens is 3. The van der Waals surface area contributed by atoms with E-state index in [9.17, 15) is 9.59 Å². The lowest BCUT2D eigenvalue weighted by Crippen LogP contribution is -2.11. The van der Waals surface area contributed by atoms with Gasteiger partial charge in [-0.3, -0.25) is 9.78 Å². The number of benzene rings is 1. The molecule has 0 bridgehead atoms. The molecule has 5 N–H and O–H groups in total. The van der Waals surface area contributed by atoms with Crippen LogP contribution in [0.25, 0.3) is 11.0 Å². The molecule has 0 atom stereocenters. The Balaban J connectivity index is 1.62. The molecule has 2 aromatic heterocycles. The molecule has 24 heavy (non-hydrogen) atoms. The monoisotopic (exact) mass is 326 g/mol. The van der Waals surface area contributed by atoms with Crippen molar-refractivity contribution in [2.75, 3.05) is 5.73 Å². The van der Waals surface area contributed by atoms with Crippen molar-refractivity contribution in [2.45, 2.75) is 25.7 Å². The van der Waals surface area contributed by atoms with Crippen molar-refractivity contribution >= 4 is 23.0 Å². The minimum absolute atomic E-state index is 0.0965. The van der Waals surface area contributed by atoms with Crippen LogP contribution in [0.4, 0.5) is 5.95 Å². The van der Waals surface area contributed by atoms with E-state index in [0.29, 0.717) is 16.6 Å². The summed E-state index contributed by atoms with van der Waals surface area (Å²) in [6.07, 6.45) is 5.11. The molecule has 0 aliphatic heterocycles. The number of carbonyl (C=O) groups is 1. The summed E-state index contributed by atoms with van der Waals surface area (Å²) in [5.74, 6) is -0.819. The van der Waals surface area contributed by atoms with Crippen molar-refractivity contribution in [3.63, 3.8) is 0 Å². The van der Waals surface area contributed by atoms with Gasteiger partial charge >= 0.3 is 5.97 Å². The molecular formula is C17H18N4O3. The largest absolute Gasteiger partial charge is 0.478 e. The summed E-state index contributed by atoms with van der Waals surface area (Å²) >= 11 is 0. The van der Waals surface area contributed by atoms with Gasteiger partial charge in [0.15, 0.2) is 0 Å². The second kappa shape index (κ2) is 6.57. The number of fused-ring (bicyclic) bond motifs is 1. The number of nitrogens with zero attached hydrogens (tertiary/aromatic N) is 1. The van der Waals surface area contributed by atoms with E-state index >= 15 is 0 Å². The lowest BCUT2D eigenvalue weighted by Gasteiger charge is -2.03. The van der Waals surface area contributed by atoms with E-state index in [-0.39, 0.29) is 11.5 Å². The molecule has 0 aliphatic carbocycles. The molecule has 0 saturated heterocycles. The van der Waals surface area contributed by atoms with Crippen molar-refractivity contribution in [3.8, 4) is 0 Å². The lowest BCUT2D eigenvalue weighted by atomic mass is 10.0. The molecule has 0 amide bonds. The summed E-state index contributed by atoms with van der Waals surface area (Å²) in [5.41, 5.74) is 8.01. The first-order valence-corrected chi connectivity index (χ1v) is 7.72. The maximum atomic E-state index is 12.0. The highest BCUT2D eigenvalue weighted by molar-refractivity contribution is 5.87. The molecule has 0 aliphatic rings. The molecule has 0 unspecified atom stereocenters. The predicted molar refractivity (Wildman–Crippen MR) is 91.2 cm³/mol. The van der Waals surface area contributed by atoms with Crippen molar-refractivity contribution in [2.24, 2.45) is 0 Å². The van der Waals surface area contributed by atoms with E-state index < -0.39 is 5.97 Å². The third-order valence-electron chi connectivity index (χ3n) is 3.98. The van der Waals surface area contributed by atoms with Crippen LogP contribution in [0.3, 0.4) is 0 Å². The number of unbranched alkanes of at least 4 members (excludes halogenated alkanes) is 1. The fourth-order valence-electron chi connectivity index (χ4n) is 2.82. The van der Waals surface area contributed by atoms with E-state index in [0.717, 1.165) is 36.8 Å². The van der Waals surface area contributed by atoms with Gasteiger partial charge in [-0.25, -0.2) is 4.79 Å². The van der Waals surface area contributed by atoms with E-state index in [2.05, 4.69) is 15.0 Å². The number of rotatable bonds is 6. The van der Waals surface area contributed by atoms with Crippen LogP contribution >= 0.6 is 0 Å². The third-order valence-corrected chi connectivity index (χ3v) is 3.98. The van der Waals surface area contributed by atoms with Crippen molar-refractivity contribution < 1.29 is 9.90 Å². The van der Waals surface area contributed by atoms with Gasteiger partial charge in [-0.1, -0.05) is 12.1 Å². The Bertz CT molecular complexity index is 942. The zero-order valence-corrected chi connectivity index (χ0v) is 13.0. The molecule has 7 nitrogen and oxygen atoms in total. The number of aromatic amines is 2. The molecule has 0 radical (unpaired) electrons. The SMILES string of the molecule is Nc1nc2[nH]cc(CCCCc3cccc(C(=O)O)c3)c2c(=O)[nH]1. The average Bonchev–Trinajstić information content (AvgIpc) is 2.95. The van der Waals surface area contributed by atoms with Gasteiger partial charge < -0.3 is 15.8 Å². The molecule has 3 aromatic rings. The van der Waals surface area contributed by atoms with Crippen LogP contribution in [0.1, 0.15) is 34.3 Å². The Morgan fingerprint density at radius 1 is 1.25 bits per heavy atom. The van der Waals surface area contributed by atoms with Crippen LogP contribution < -0.4 is 11.3 Å². The number of aryl methyl sites for hydroxylation is 2. The van der Waals surface area contributed by atoms with Gasteiger partial charge in [0.25, 0.3) is 5.56 Å². The second-order valence-electron chi connectivity index (χ2n) is 5.70. The number of hydrogen-bond acceptors (Lipinski definition) is 4. The molecular weight excluding hydrogens is 308 g/mol. The zero-order chi connectivity index (χ0) is 17.1. The minimum atomic E-state index is -0.915. The lowest BCUT2D eigenvalue weighted by molar-refractivity contribution is 0.0696. The van der Waals surface area contributed by atoms with Crippen LogP contribution in [0.2, 0.25) is 0 Å². The van der Waals surface area contributed by atoms with Gasteiger partial charge in [0, 0.05) is 6.20 Å². The number of carboxylic acids is 1. The van der Waals surface area contributed by atoms with Crippen LogP contribution in [-0.2, 0) is 12.8 Å². The molecule has 0 spiro atoms. The number of nitrogen functional groups attached to an aromatic ring is 1. The standard InChI is InChI=1S/C17H18N4O3/c18-17-20-14-13(15(22)21-17)12(9-19-14)6-2-1-4-10-5-3-7-11(8-10)16(23)24/h3,5,7-9H,1-2,4,6H2,(H,23,24)(H4,18,19,20,21,22). The summed E-state index contributed by atoms with van der Waals surface area (Å²) in [5, 5.41) is 9.55. The summed E-state index contributed by atoms with van der Waals surface area (Å²) < 4.78 is 0. The summed E-state index contributed by atoms with van der Waals surface area (Å²) in [7, 11) is 0. The van der Waals surface area contributed by atoms with Crippen molar-refractivity contribution in [3.05, 3.63) is 57.5 Å². The van der Waals surface area contributed by atoms with Gasteiger partial charge in [0.2, 0.25) is 5.95 Å². The molecule has 7 heteroatoms. The number of hydrogen-bond donors (Lipinski definition) is 4. The number of aromatic carboxylic acids is 1. The van der Waals surface area contributed by atoms with Crippen molar-refractivity contribution in [1.82, 2.24) is 15.0 Å². The summed E-state index contributed by atoms with van der Waals surface area (Å²) in [6.45, 7) is 0. The first-order valence-electron chi connectivity index (χ1n) is 7.72. The highest BCUT2D eigenvalue weighted by Gasteiger charge is 2.10. The highest BCUT2D eigenvalue weighted by Crippen LogP contribution is 2.16. The normalized spacial score (nSPS) is 11.0. The number of H-pyrrole nitrogens is 2. The Morgan fingerprint density at radius 3 is 2.83 bits per heavy atom. The zero-order valence-electron chi connectivity index (χ0n) is 13.0. The number of nitrogens with two attached hydrogens (primary N) is 1. The smallest absolute Gasteiger partial charge is 0.335 e. The van der Waals surface area contributed by atoms with Crippen LogP contribution in [0, 0.1) is 0 Å². The number of carboxylic acid groups (broad SMARTS) is 1. The van der Waals surface area contributed by atoms with E-state index in [1.165, 1.54) is 0 Å². The predicted octanol–water partition coefficient (Wildman–Crippen LogP) is 2.10. The Labute approximate surface area is 137 Å². The van der Waals surface area contributed by atoms with Gasteiger partial charge in [-0.2, -0.15) is 4.98 Å². The van der Waals surface area contributed by atoms with Crippen LogP contribution in [-0.4, -0.2) is 26.0 Å². The van der Waals surface area contributed by atoms with Gasteiger partial charge in [-0.05, 0) is 48.9 Å². The highest BCUT2D eigenvalue weighted by atomic mass is 16.4. The number of nitrogens with one attached hydrogen (secondary N) is 2. The topological polar surface area (TPSA) is 125 Å². The Hall–Kier alpha value is -3.09. The molecule has 3 rings (SSSR count). The minimum Gasteiger partial charge on any atom is -0.478 e. The Morgan fingerprint density at radius 2 is 2.04 bits per heavy atom. The fraction of sp³-hybridized carbons (Fsp3) is 0.235. The first-order chi connectivity index (χ1) is 11.5. The molecule has 1 aromatic carbocycles. The van der Waals surface area contributed by atoms with Gasteiger partial charge in [0.1, 0.15) is 5.65 Å². The molecule has 124 valence electrons. The Kier molecular flexibility index (Phi) is 4.33. The quantitative estimate of drug-likeness (QED) is 0.516. The maximum absolute atomic E-state index is 12.0. The third kappa shape index (κ3) is 3.29. The molecule has 0 saturated carbocycles. The van der Waals surface area contributed by atoms with E-state index in [1.807, 2.05) is 6.07 Å². The van der Waals surface area contributed by atoms with Gasteiger partial charge in [0.05, 0.1) is 10.9 Å². The van der Waals surface area contributed by atoms with Gasteiger partial charge in [-0.15, -0.1) is 0 Å². The molecule has 0 fully saturated rings. The van der Waals surface area contributed by atoms with E-state index in [4.69, 9.17) is 10.8 Å². The van der Waals surface area contributed by atoms with Crippen LogP contribution in [0.15, 0.2) is 35.3 Å². The van der Waals surface area contributed by atoms with Crippen molar-refractivity contribution in [1.29, 1.82) is 0 Å². The first kappa shape index (κ1) is 15.8. The maximum Gasteiger partial charge on any atom is 0.335 e. The average molecular weight is 326 g/mol. The number of anilines is 1. The summed E-state index contributed by atoms with van der Waals surface area (Å²) in [6, 6.07) is 6.97. The molecule has 2 heterocycles. The second-order valence-corrected chi connectivity index (χ2v) is 5.70. The van der Waals surface area contributed by atoms with E-state index in [1.54, 1.807) is 24.4 Å².